The van der Waals surface area contributed by atoms with Crippen molar-refractivity contribution in [2.45, 2.75) is 61.0 Å². The number of alkyl halides is 1. The number of amides is 1. The van der Waals surface area contributed by atoms with Gasteiger partial charge in [0, 0.05) is 6.61 Å². The zero-order valence-corrected chi connectivity index (χ0v) is 20.3. The van der Waals surface area contributed by atoms with E-state index in [-0.39, 0.29) is 12.0 Å². The Hall–Kier alpha value is -0.620. The summed E-state index contributed by atoms with van der Waals surface area (Å²) in [5.41, 5.74) is 1.60. The number of hydrogen-bond donors (Lipinski definition) is 1. The Bertz CT molecular complexity index is 827. The molecule has 1 N–H and O–H groups in total. The normalized spacial score (nSPS) is 25.7. The van der Waals surface area contributed by atoms with Crippen molar-refractivity contribution in [3.8, 4) is 5.75 Å². The SMILES string of the molecule is COc1cc2nn(C3CCC([I-]I)CC3)cc2cc1NC(=O)[C@H]1CCCCO1. The Kier molecular flexibility index (Phi) is 6.98. The summed E-state index contributed by atoms with van der Waals surface area (Å²) in [5.74, 6) is 0.547. The van der Waals surface area contributed by atoms with E-state index in [1.807, 2.05) is 12.1 Å². The van der Waals surface area contributed by atoms with Crippen LogP contribution in [0.15, 0.2) is 18.3 Å². The van der Waals surface area contributed by atoms with Crippen molar-refractivity contribution in [1.82, 2.24) is 9.78 Å². The van der Waals surface area contributed by atoms with Crippen LogP contribution >= 0.6 is 18.6 Å². The fourth-order valence-corrected chi connectivity index (χ4v) is 8.42. The number of hydrogen-bond acceptors (Lipinski definition) is 4. The number of carbonyl (C=O) groups excluding carboxylic acids is 1. The zero-order chi connectivity index (χ0) is 19.5. The molecule has 1 amide bonds. The summed E-state index contributed by atoms with van der Waals surface area (Å²) >= 11 is 2.93. The van der Waals surface area contributed by atoms with Gasteiger partial charge in [0.15, 0.2) is 0 Å². The van der Waals surface area contributed by atoms with Gasteiger partial charge in [0.25, 0.3) is 0 Å². The molecule has 0 spiro atoms. The number of halogens is 2. The van der Waals surface area contributed by atoms with E-state index in [2.05, 4.69) is 34.8 Å². The second-order valence-electron chi connectivity index (χ2n) is 7.55. The van der Waals surface area contributed by atoms with Crippen molar-refractivity contribution in [2.24, 2.45) is 0 Å². The summed E-state index contributed by atoms with van der Waals surface area (Å²) in [6, 6.07) is 4.38. The maximum absolute atomic E-state index is 12.6. The van der Waals surface area contributed by atoms with Crippen molar-refractivity contribution < 1.29 is 31.5 Å². The van der Waals surface area contributed by atoms with Gasteiger partial charge in [0.2, 0.25) is 0 Å². The van der Waals surface area contributed by atoms with Gasteiger partial charge in [0.1, 0.15) is 0 Å². The van der Waals surface area contributed by atoms with Crippen LogP contribution < -0.4 is 27.3 Å². The fourth-order valence-electron chi connectivity index (χ4n) is 4.07. The van der Waals surface area contributed by atoms with Gasteiger partial charge in [-0.3, -0.25) is 0 Å². The number of nitrogens with zero attached hydrogens (tertiary/aromatic N) is 2. The third-order valence-electron chi connectivity index (χ3n) is 5.69. The van der Waals surface area contributed by atoms with Crippen LogP contribution in [-0.2, 0) is 9.53 Å². The van der Waals surface area contributed by atoms with E-state index in [1.165, 1.54) is 25.7 Å². The van der Waals surface area contributed by atoms with Crippen LogP contribution in [0.25, 0.3) is 10.9 Å². The molecular weight excluding hydrogens is 584 g/mol. The number of benzene rings is 1. The molecule has 0 bridgehead atoms. The molecule has 1 aliphatic carbocycles. The number of anilines is 1. The fraction of sp³-hybridized carbons (Fsp3) is 0.600. The van der Waals surface area contributed by atoms with Crippen LogP contribution in [0.3, 0.4) is 0 Å². The molecule has 1 aromatic heterocycles. The minimum Gasteiger partial charge on any atom is -0.368 e. The molecule has 0 radical (unpaired) electrons. The van der Waals surface area contributed by atoms with Crippen molar-refractivity contribution in [2.75, 3.05) is 19.0 Å². The van der Waals surface area contributed by atoms with Crippen molar-refractivity contribution in [3.63, 3.8) is 0 Å². The van der Waals surface area contributed by atoms with Crippen LogP contribution in [0, 0.1) is 0 Å². The third kappa shape index (κ3) is 4.58. The molecule has 154 valence electrons. The van der Waals surface area contributed by atoms with Crippen LogP contribution in [-0.4, -0.2) is 39.4 Å². The van der Waals surface area contributed by atoms with E-state index in [0.29, 0.717) is 41.3 Å². The minimum atomic E-state index is -0.368. The topological polar surface area (TPSA) is 65.4 Å². The number of nitrogens with one attached hydrogen (secondary N) is 1. The Morgan fingerprint density at radius 2 is 2.11 bits per heavy atom. The van der Waals surface area contributed by atoms with E-state index >= 15 is 0 Å². The van der Waals surface area contributed by atoms with Crippen LogP contribution in [0.5, 0.6) is 5.75 Å². The first kappa shape index (κ1) is 20.6. The van der Waals surface area contributed by atoms with Gasteiger partial charge in [-0.1, -0.05) is 0 Å². The average Bonchev–Trinajstić information content (AvgIpc) is 3.16. The Morgan fingerprint density at radius 3 is 2.79 bits per heavy atom. The van der Waals surface area contributed by atoms with Gasteiger partial charge >= 0.3 is 156 Å². The number of aromatic nitrogens is 2. The van der Waals surface area contributed by atoms with E-state index in [1.54, 1.807) is 7.11 Å². The van der Waals surface area contributed by atoms with E-state index in [9.17, 15) is 4.79 Å². The summed E-state index contributed by atoms with van der Waals surface area (Å²) < 4.78 is 14.2. The first-order valence-electron chi connectivity index (χ1n) is 9.92. The molecule has 1 aliphatic heterocycles. The molecule has 28 heavy (non-hydrogen) atoms. The van der Waals surface area contributed by atoms with Crippen molar-refractivity contribution >= 4 is 41.1 Å². The molecule has 1 aromatic carbocycles. The summed E-state index contributed by atoms with van der Waals surface area (Å²) in [4.78, 5) is 12.6. The summed E-state index contributed by atoms with van der Waals surface area (Å²) in [6.45, 7) is 0.656. The van der Waals surface area contributed by atoms with E-state index < -0.39 is 0 Å². The molecule has 2 heterocycles. The first-order valence-corrected chi connectivity index (χ1v) is 17.4. The molecule has 1 atom stereocenters. The molecule has 1 saturated carbocycles. The van der Waals surface area contributed by atoms with Gasteiger partial charge < -0.3 is 4.74 Å². The minimum absolute atomic E-state index is 0.0924. The molecule has 2 aromatic rings. The van der Waals surface area contributed by atoms with Gasteiger partial charge in [-0.05, 0) is 19.3 Å². The predicted octanol–water partition coefficient (Wildman–Crippen LogP) is 1.48. The van der Waals surface area contributed by atoms with Crippen molar-refractivity contribution in [1.29, 1.82) is 0 Å². The summed E-state index contributed by atoms with van der Waals surface area (Å²) in [7, 11) is 1.62. The summed E-state index contributed by atoms with van der Waals surface area (Å²) in [6.07, 6.45) is 9.65. The van der Waals surface area contributed by atoms with Crippen LogP contribution in [0.2, 0.25) is 0 Å². The first-order chi connectivity index (χ1) is 13.7. The van der Waals surface area contributed by atoms with Gasteiger partial charge in [0.05, 0.1) is 0 Å². The second kappa shape index (κ2) is 9.46. The van der Waals surface area contributed by atoms with E-state index in [4.69, 9.17) is 14.6 Å². The molecule has 2 fully saturated rings. The maximum atomic E-state index is 12.6. The Labute approximate surface area is 185 Å². The number of carbonyl (C=O) groups is 1. The number of rotatable bonds is 5. The van der Waals surface area contributed by atoms with Gasteiger partial charge in [-0.15, -0.1) is 0 Å². The monoisotopic (exact) mass is 610 g/mol. The van der Waals surface area contributed by atoms with Crippen LogP contribution in [0.1, 0.15) is 51.0 Å². The molecule has 0 unspecified atom stereocenters. The van der Waals surface area contributed by atoms with E-state index in [0.717, 1.165) is 34.1 Å². The molecule has 4 rings (SSSR count). The average molecular weight is 610 g/mol. The quantitative estimate of drug-likeness (QED) is 0.412. The van der Waals surface area contributed by atoms with Gasteiger partial charge in [-0.2, -0.15) is 0 Å². The summed E-state index contributed by atoms with van der Waals surface area (Å²) in [5, 5.41) is 8.85. The number of fused-ring (bicyclic) bond motifs is 1. The molecule has 6 nitrogen and oxygen atoms in total. The molecule has 8 heteroatoms. The molecular formula is C20H26I2N3O3-. The standard InChI is InChI=1S/C20H26I2N3O3/c1-27-19-11-16-13(10-17(19)23-20(26)18-4-2-3-9-28-18)12-25(24-16)15-7-5-14(22-21)6-8-15/h10-12,14-15,18H,2-9H2,1H3,(H,23,26)/q-1/t14?,15?,18-/m1/s1. The molecule has 2 aliphatic rings. The van der Waals surface area contributed by atoms with Crippen molar-refractivity contribution in [3.05, 3.63) is 18.3 Å². The van der Waals surface area contributed by atoms with Gasteiger partial charge in [-0.25, -0.2) is 0 Å². The Balaban J connectivity index is 1.53. The third-order valence-corrected chi connectivity index (χ3v) is 12.1. The molecule has 1 saturated heterocycles. The second-order valence-corrected chi connectivity index (χ2v) is 12.9. The number of ether oxygens (including phenoxy) is 2. The number of methoxy groups -OCH3 is 1. The predicted molar refractivity (Wildman–Crippen MR) is 114 cm³/mol. The zero-order valence-electron chi connectivity index (χ0n) is 16.0. The Morgan fingerprint density at radius 1 is 1.29 bits per heavy atom. The smallest absolute Gasteiger partial charge is 0.368 e. The van der Waals surface area contributed by atoms with Crippen LogP contribution in [0.4, 0.5) is 5.69 Å².